The largest absolute Gasteiger partial charge is 0.355 e. The standard InChI is InChI=1S/C21H22N4O/c1-15(16-9-3-2-4-10-16)22-21(26)19-20(25-13-7-8-14-25)24-18-12-6-5-11-17(18)23-19/h2-6,9-12,15H,7-8,13-14H2,1H3,(H,22,26). The molecule has 5 heteroatoms. The predicted molar refractivity (Wildman–Crippen MR) is 103 cm³/mol. The van der Waals surface area contributed by atoms with Gasteiger partial charge in [0.1, 0.15) is 0 Å². The number of aromatic nitrogens is 2. The quantitative estimate of drug-likeness (QED) is 0.782. The summed E-state index contributed by atoms with van der Waals surface area (Å²) in [6.45, 7) is 3.82. The van der Waals surface area contributed by atoms with Gasteiger partial charge in [0.15, 0.2) is 11.5 Å². The minimum absolute atomic E-state index is 0.0941. The van der Waals surface area contributed by atoms with Crippen LogP contribution in [0.4, 0.5) is 5.82 Å². The maximum atomic E-state index is 13.0. The molecule has 0 radical (unpaired) electrons. The molecule has 132 valence electrons. The number of anilines is 1. The second-order valence-electron chi connectivity index (χ2n) is 6.68. The van der Waals surface area contributed by atoms with E-state index in [4.69, 9.17) is 4.98 Å². The molecule has 5 nitrogen and oxygen atoms in total. The Kier molecular flexibility index (Phi) is 4.52. The zero-order valence-corrected chi connectivity index (χ0v) is 14.9. The van der Waals surface area contributed by atoms with E-state index in [0.717, 1.165) is 42.5 Å². The van der Waals surface area contributed by atoms with Crippen molar-refractivity contribution in [1.29, 1.82) is 0 Å². The molecular formula is C21H22N4O. The fourth-order valence-electron chi connectivity index (χ4n) is 3.38. The van der Waals surface area contributed by atoms with Gasteiger partial charge in [-0.2, -0.15) is 0 Å². The molecule has 3 aromatic rings. The number of carbonyl (C=O) groups excluding carboxylic acids is 1. The molecule has 1 amide bonds. The van der Waals surface area contributed by atoms with Crippen molar-refractivity contribution in [3.63, 3.8) is 0 Å². The van der Waals surface area contributed by atoms with Crippen LogP contribution in [0.5, 0.6) is 0 Å². The molecular weight excluding hydrogens is 324 g/mol. The third-order valence-corrected chi connectivity index (χ3v) is 4.82. The number of carbonyl (C=O) groups is 1. The maximum absolute atomic E-state index is 13.0. The Labute approximate surface area is 153 Å². The van der Waals surface area contributed by atoms with Crippen LogP contribution in [-0.4, -0.2) is 29.0 Å². The monoisotopic (exact) mass is 346 g/mol. The summed E-state index contributed by atoms with van der Waals surface area (Å²) in [5.74, 6) is 0.514. The minimum atomic E-state index is -0.179. The highest BCUT2D eigenvalue weighted by Crippen LogP contribution is 2.25. The molecule has 0 saturated carbocycles. The van der Waals surface area contributed by atoms with E-state index in [2.05, 4.69) is 15.2 Å². The molecule has 1 unspecified atom stereocenters. The van der Waals surface area contributed by atoms with Gasteiger partial charge in [0.2, 0.25) is 0 Å². The lowest BCUT2D eigenvalue weighted by Gasteiger charge is -2.21. The summed E-state index contributed by atoms with van der Waals surface area (Å²) in [5.41, 5.74) is 3.04. The van der Waals surface area contributed by atoms with Crippen LogP contribution in [0, 0.1) is 0 Å². The van der Waals surface area contributed by atoms with Crippen molar-refractivity contribution in [2.24, 2.45) is 0 Å². The first-order valence-corrected chi connectivity index (χ1v) is 9.10. The molecule has 1 N–H and O–H groups in total. The van der Waals surface area contributed by atoms with Crippen LogP contribution >= 0.6 is 0 Å². The van der Waals surface area contributed by atoms with Crippen molar-refractivity contribution in [3.05, 3.63) is 65.9 Å². The zero-order valence-electron chi connectivity index (χ0n) is 14.9. The number of para-hydroxylation sites is 2. The highest BCUT2D eigenvalue weighted by molar-refractivity contribution is 5.99. The van der Waals surface area contributed by atoms with Crippen molar-refractivity contribution in [2.45, 2.75) is 25.8 Å². The first kappa shape index (κ1) is 16.5. The van der Waals surface area contributed by atoms with Crippen LogP contribution in [0.15, 0.2) is 54.6 Å². The van der Waals surface area contributed by atoms with Crippen LogP contribution in [0.25, 0.3) is 11.0 Å². The third-order valence-electron chi connectivity index (χ3n) is 4.82. The molecule has 1 fully saturated rings. The summed E-state index contributed by atoms with van der Waals surface area (Å²) in [6.07, 6.45) is 2.24. The number of fused-ring (bicyclic) bond motifs is 1. The van der Waals surface area contributed by atoms with E-state index in [1.165, 1.54) is 0 Å². The number of amides is 1. The topological polar surface area (TPSA) is 58.1 Å². The molecule has 1 atom stereocenters. The number of benzene rings is 2. The van der Waals surface area contributed by atoms with Crippen molar-refractivity contribution in [3.8, 4) is 0 Å². The van der Waals surface area contributed by atoms with Gasteiger partial charge in [0.25, 0.3) is 5.91 Å². The van der Waals surface area contributed by atoms with E-state index in [1.54, 1.807) is 0 Å². The lowest BCUT2D eigenvalue weighted by atomic mass is 10.1. The summed E-state index contributed by atoms with van der Waals surface area (Å²) < 4.78 is 0. The van der Waals surface area contributed by atoms with Gasteiger partial charge in [-0.25, -0.2) is 9.97 Å². The van der Waals surface area contributed by atoms with Gasteiger partial charge >= 0.3 is 0 Å². The van der Waals surface area contributed by atoms with Crippen molar-refractivity contribution in [2.75, 3.05) is 18.0 Å². The van der Waals surface area contributed by atoms with Crippen LogP contribution in [0.2, 0.25) is 0 Å². The second-order valence-corrected chi connectivity index (χ2v) is 6.68. The first-order valence-electron chi connectivity index (χ1n) is 9.10. The second kappa shape index (κ2) is 7.12. The molecule has 26 heavy (non-hydrogen) atoms. The number of hydrogen-bond acceptors (Lipinski definition) is 4. The highest BCUT2D eigenvalue weighted by Gasteiger charge is 2.24. The Bertz CT molecular complexity index is 920. The molecule has 1 aliphatic heterocycles. The van der Waals surface area contributed by atoms with Gasteiger partial charge in [0.05, 0.1) is 17.1 Å². The highest BCUT2D eigenvalue weighted by atomic mass is 16.2. The molecule has 1 aliphatic rings. The number of nitrogens with zero attached hydrogens (tertiary/aromatic N) is 3. The minimum Gasteiger partial charge on any atom is -0.355 e. The maximum Gasteiger partial charge on any atom is 0.274 e. The van der Waals surface area contributed by atoms with Gasteiger partial charge in [-0.3, -0.25) is 4.79 Å². The molecule has 1 aromatic heterocycles. The normalized spacial score (nSPS) is 15.2. The van der Waals surface area contributed by atoms with Crippen LogP contribution in [0.3, 0.4) is 0 Å². The Morgan fingerprint density at radius 2 is 1.58 bits per heavy atom. The fourth-order valence-corrected chi connectivity index (χ4v) is 3.38. The number of hydrogen-bond donors (Lipinski definition) is 1. The Morgan fingerprint density at radius 3 is 2.27 bits per heavy atom. The Balaban J connectivity index is 1.69. The van der Waals surface area contributed by atoms with E-state index < -0.39 is 0 Å². The van der Waals surface area contributed by atoms with Crippen LogP contribution in [0.1, 0.15) is 41.9 Å². The summed E-state index contributed by atoms with van der Waals surface area (Å²) >= 11 is 0. The zero-order chi connectivity index (χ0) is 17.9. The van der Waals surface area contributed by atoms with E-state index in [9.17, 15) is 4.79 Å². The average Bonchev–Trinajstić information content (AvgIpc) is 3.22. The Hall–Kier alpha value is -2.95. The van der Waals surface area contributed by atoms with Crippen molar-refractivity contribution in [1.82, 2.24) is 15.3 Å². The predicted octanol–water partition coefficient (Wildman–Crippen LogP) is 3.72. The van der Waals surface area contributed by atoms with E-state index in [1.807, 2.05) is 61.5 Å². The third kappa shape index (κ3) is 3.25. The Morgan fingerprint density at radius 1 is 0.962 bits per heavy atom. The SMILES string of the molecule is CC(NC(=O)c1nc2ccccc2nc1N1CCCC1)c1ccccc1. The van der Waals surface area contributed by atoms with Gasteiger partial charge in [-0.1, -0.05) is 42.5 Å². The van der Waals surface area contributed by atoms with E-state index >= 15 is 0 Å². The van der Waals surface area contributed by atoms with Gasteiger partial charge in [0, 0.05) is 13.1 Å². The van der Waals surface area contributed by atoms with Gasteiger partial charge < -0.3 is 10.2 Å². The van der Waals surface area contributed by atoms with Crippen molar-refractivity contribution < 1.29 is 4.79 Å². The molecule has 0 bridgehead atoms. The summed E-state index contributed by atoms with van der Waals surface area (Å²) in [6, 6.07) is 17.6. The lowest BCUT2D eigenvalue weighted by molar-refractivity contribution is 0.0935. The van der Waals surface area contributed by atoms with Crippen molar-refractivity contribution >= 4 is 22.8 Å². The summed E-state index contributed by atoms with van der Waals surface area (Å²) in [7, 11) is 0. The molecule has 2 aromatic carbocycles. The average molecular weight is 346 g/mol. The lowest BCUT2D eigenvalue weighted by Crippen LogP contribution is -2.31. The summed E-state index contributed by atoms with van der Waals surface area (Å²) in [4.78, 5) is 24.6. The van der Waals surface area contributed by atoms with Gasteiger partial charge in [-0.05, 0) is 37.5 Å². The number of rotatable bonds is 4. The van der Waals surface area contributed by atoms with E-state index in [-0.39, 0.29) is 11.9 Å². The van der Waals surface area contributed by atoms with Gasteiger partial charge in [-0.15, -0.1) is 0 Å². The smallest absolute Gasteiger partial charge is 0.274 e. The van der Waals surface area contributed by atoms with Crippen LogP contribution in [-0.2, 0) is 0 Å². The first-order chi connectivity index (χ1) is 12.7. The molecule has 0 spiro atoms. The molecule has 1 saturated heterocycles. The molecule has 2 heterocycles. The molecule has 0 aliphatic carbocycles. The fraction of sp³-hybridized carbons (Fsp3) is 0.286. The van der Waals surface area contributed by atoms with Crippen LogP contribution < -0.4 is 10.2 Å². The van der Waals surface area contributed by atoms with E-state index in [0.29, 0.717) is 11.5 Å². The summed E-state index contributed by atoms with van der Waals surface area (Å²) in [5, 5.41) is 3.07. The molecule has 4 rings (SSSR count). The number of nitrogens with one attached hydrogen (secondary N) is 1.